The summed E-state index contributed by atoms with van der Waals surface area (Å²) < 4.78 is 5.31. The van der Waals surface area contributed by atoms with Crippen LogP contribution in [-0.2, 0) is 16.0 Å². The normalized spacial score (nSPS) is 15.8. The van der Waals surface area contributed by atoms with Crippen LogP contribution in [0.2, 0.25) is 0 Å². The van der Waals surface area contributed by atoms with E-state index < -0.39 is 0 Å². The van der Waals surface area contributed by atoms with Gasteiger partial charge in [0.1, 0.15) is 0 Å². The first-order chi connectivity index (χ1) is 8.75. The highest BCUT2D eigenvalue weighted by atomic mass is 16.5. The van der Waals surface area contributed by atoms with Crippen molar-refractivity contribution in [2.24, 2.45) is 5.92 Å². The van der Waals surface area contributed by atoms with E-state index in [9.17, 15) is 4.79 Å². The summed E-state index contributed by atoms with van der Waals surface area (Å²) in [5.41, 5.74) is 7.60. The van der Waals surface area contributed by atoms with Crippen molar-refractivity contribution in [2.75, 3.05) is 12.3 Å². The van der Waals surface area contributed by atoms with Crippen molar-refractivity contribution in [2.45, 2.75) is 38.5 Å². The molecule has 0 heterocycles. The van der Waals surface area contributed by atoms with Crippen LogP contribution >= 0.6 is 0 Å². The Bertz CT molecular complexity index is 397. The summed E-state index contributed by atoms with van der Waals surface area (Å²) in [5, 5.41) is 0. The first-order valence-electron chi connectivity index (χ1n) is 6.74. The zero-order valence-electron chi connectivity index (χ0n) is 10.7. The summed E-state index contributed by atoms with van der Waals surface area (Å²) >= 11 is 0. The topological polar surface area (TPSA) is 52.3 Å². The van der Waals surface area contributed by atoms with Gasteiger partial charge in [-0.3, -0.25) is 4.79 Å². The van der Waals surface area contributed by atoms with Gasteiger partial charge in [-0.1, -0.05) is 31.0 Å². The second kappa shape index (κ2) is 6.43. The summed E-state index contributed by atoms with van der Waals surface area (Å²) in [4.78, 5) is 11.6. The SMILES string of the molecule is Nc1ccccc1CCC(=O)OCC1CCCC1. The summed E-state index contributed by atoms with van der Waals surface area (Å²) in [6, 6.07) is 7.66. The van der Waals surface area contributed by atoms with Crippen LogP contribution in [0, 0.1) is 5.92 Å². The molecule has 0 atom stereocenters. The Morgan fingerprint density at radius 2 is 2.00 bits per heavy atom. The highest BCUT2D eigenvalue weighted by molar-refractivity contribution is 5.70. The van der Waals surface area contributed by atoms with Crippen molar-refractivity contribution in [3.63, 3.8) is 0 Å². The molecule has 1 aliphatic rings. The van der Waals surface area contributed by atoms with Gasteiger partial charge in [-0.2, -0.15) is 0 Å². The van der Waals surface area contributed by atoms with Crippen molar-refractivity contribution >= 4 is 11.7 Å². The van der Waals surface area contributed by atoms with Gasteiger partial charge in [0.05, 0.1) is 6.61 Å². The van der Waals surface area contributed by atoms with Gasteiger partial charge in [-0.15, -0.1) is 0 Å². The van der Waals surface area contributed by atoms with Crippen molar-refractivity contribution in [3.8, 4) is 0 Å². The molecule has 0 unspecified atom stereocenters. The minimum absolute atomic E-state index is 0.106. The number of hydrogen-bond acceptors (Lipinski definition) is 3. The molecule has 2 N–H and O–H groups in total. The van der Waals surface area contributed by atoms with Gasteiger partial charge >= 0.3 is 5.97 Å². The largest absolute Gasteiger partial charge is 0.465 e. The molecular weight excluding hydrogens is 226 g/mol. The molecule has 1 aliphatic carbocycles. The van der Waals surface area contributed by atoms with Gasteiger partial charge in [0.25, 0.3) is 0 Å². The predicted molar refractivity (Wildman–Crippen MR) is 72.1 cm³/mol. The van der Waals surface area contributed by atoms with Crippen LogP contribution in [0.3, 0.4) is 0 Å². The van der Waals surface area contributed by atoms with E-state index in [1.54, 1.807) is 0 Å². The predicted octanol–water partition coefficient (Wildman–Crippen LogP) is 2.93. The van der Waals surface area contributed by atoms with E-state index in [2.05, 4.69) is 0 Å². The average Bonchev–Trinajstić information content (AvgIpc) is 2.88. The molecule has 3 heteroatoms. The molecule has 1 aromatic carbocycles. The maximum absolute atomic E-state index is 11.6. The third kappa shape index (κ3) is 3.76. The molecule has 1 fully saturated rings. The molecule has 0 spiro atoms. The number of hydrogen-bond donors (Lipinski definition) is 1. The fourth-order valence-corrected chi connectivity index (χ4v) is 2.46. The van der Waals surface area contributed by atoms with E-state index >= 15 is 0 Å². The summed E-state index contributed by atoms with van der Waals surface area (Å²) in [7, 11) is 0. The minimum atomic E-state index is -0.106. The Kier molecular flexibility index (Phi) is 4.62. The molecular formula is C15H21NO2. The Labute approximate surface area is 108 Å². The highest BCUT2D eigenvalue weighted by Crippen LogP contribution is 2.24. The number of nitrogens with two attached hydrogens (primary N) is 1. The van der Waals surface area contributed by atoms with E-state index in [1.807, 2.05) is 24.3 Å². The fourth-order valence-electron chi connectivity index (χ4n) is 2.46. The Morgan fingerprint density at radius 1 is 1.28 bits per heavy atom. The molecule has 0 bridgehead atoms. The molecule has 0 aliphatic heterocycles. The summed E-state index contributed by atoms with van der Waals surface area (Å²) in [6.07, 6.45) is 6.06. The quantitative estimate of drug-likeness (QED) is 0.643. The monoisotopic (exact) mass is 247 g/mol. The third-order valence-corrected chi connectivity index (χ3v) is 3.61. The zero-order valence-corrected chi connectivity index (χ0v) is 10.7. The Hall–Kier alpha value is -1.51. The van der Waals surface area contributed by atoms with E-state index in [-0.39, 0.29) is 5.97 Å². The standard InChI is InChI=1S/C15H21NO2/c16-14-8-4-3-7-13(14)9-10-15(17)18-11-12-5-1-2-6-12/h3-4,7-8,12H,1-2,5-6,9-11,16H2. The number of anilines is 1. The van der Waals surface area contributed by atoms with Gasteiger partial charge in [-0.25, -0.2) is 0 Å². The smallest absolute Gasteiger partial charge is 0.306 e. The molecule has 0 amide bonds. The molecule has 0 aromatic heterocycles. The second-order valence-corrected chi connectivity index (χ2v) is 5.03. The molecule has 1 saturated carbocycles. The minimum Gasteiger partial charge on any atom is -0.465 e. The maximum Gasteiger partial charge on any atom is 0.306 e. The van der Waals surface area contributed by atoms with Gasteiger partial charge in [0.15, 0.2) is 0 Å². The van der Waals surface area contributed by atoms with E-state index in [4.69, 9.17) is 10.5 Å². The molecule has 0 radical (unpaired) electrons. The lowest BCUT2D eigenvalue weighted by Crippen LogP contribution is -2.12. The van der Waals surface area contributed by atoms with Crippen molar-refractivity contribution in [3.05, 3.63) is 29.8 Å². The van der Waals surface area contributed by atoms with Crippen LogP contribution in [0.1, 0.15) is 37.7 Å². The fraction of sp³-hybridized carbons (Fsp3) is 0.533. The van der Waals surface area contributed by atoms with Crippen LogP contribution in [0.4, 0.5) is 5.69 Å². The Balaban J connectivity index is 1.69. The van der Waals surface area contributed by atoms with Crippen LogP contribution in [-0.4, -0.2) is 12.6 Å². The van der Waals surface area contributed by atoms with Gasteiger partial charge in [-0.05, 0) is 36.8 Å². The van der Waals surface area contributed by atoms with Crippen molar-refractivity contribution in [1.82, 2.24) is 0 Å². The van der Waals surface area contributed by atoms with Crippen LogP contribution in [0.15, 0.2) is 24.3 Å². The lowest BCUT2D eigenvalue weighted by molar-refractivity contribution is -0.144. The lowest BCUT2D eigenvalue weighted by Gasteiger charge is -2.10. The first-order valence-corrected chi connectivity index (χ1v) is 6.74. The summed E-state index contributed by atoms with van der Waals surface area (Å²) in [5.74, 6) is 0.487. The maximum atomic E-state index is 11.6. The van der Waals surface area contributed by atoms with E-state index in [1.165, 1.54) is 25.7 Å². The van der Waals surface area contributed by atoms with Crippen molar-refractivity contribution < 1.29 is 9.53 Å². The van der Waals surface area contributed by atoms with Gasteiger partial charge < -0.3 is 10.5 Å². The lowest BCUT2D eigenvalue weighted by atomic mass is 10.1. The highest BCUT2D eigenvalue weighted by Gasteiger charge is 2.16. The summed E-state index contributed by atoms with van der Waals surface area (Å²) in [6.45, 7) is 0.600. The Morgan fingerprint density at radius 3 is 2.72 bits per heavy atom. The first kappa shape index (κ1) is 12.9. The molecule has 18 heavy (non-hydrogen) atoms. The number of carbonyl (C=O) groups excluding carboxylic acids is 1. The number of rotatable bonds is 5. The molecule has 0 saturated heterocycles. The number of carbonyl (C=O) groups is 1. The molecule has 2 rings (SSSR count). The van der Waals surface area contributed by atoms with Crippen LogP contribution in [0.5, 0.6) is 0 Å². The average molecular weight is 247 g/mol. The van der Waals surface area contributed by atoms with Crippen molar-refractivity contribution in [1.29, 1.82) is 0 Å². The van der Waals surface area contributed by atoms with Crippen LogP contribution < -0.4 is 5.73 Å². The van der Waals surface area contributed by atoms with Gasteiger partial charge in [0.2, 0.25) is 0 Å². The zero-order chi connectivity index (χ0) is 12.8. The number of para-hydroxylation sites is 1. The van der Waals surface area contributed by atoms with Gasteiger partial charge in [0, 0.05) is 12.1 Å². The van der Waals surface area contributed by atoms with E-state index in [0.717, 1.165) is 11.3 Å². The molecule has 98 valence electrons. The number of aryl methyl sites for hydroxylation is 1. The number of ether oxygens (including phenoxy) is 1. The molecule has 1 aromatic rings. The number of esters is 1. The number of nitrogen functional groups attached to an aromatic ring is 1. The van der Waals surface area contributed by atoms with Crippen LogP contribution in [0.25, 0.3) is 0 Å². The second-order valence-electron chi connectivity index (χ2n) is 5.03. The third-order valence-electron chi connectivity index (χ3n) is 3.61. The molecule has 3 nitrogen and oxygen atoms in total. The van der Waals surface area contributed by atoms with E-state index in [0.29, 0.717) is 25.4 Å². The number of benzene rings is 1.